The van der Waals surface area contributed by atoms with E-state index in [2.05, 4.69) is 77.5 Å². The molecule has 0 saturated carbocycles. The lowest BCUT2D eigenvalue weighted by molar-refractivity contribution is -0.202. The number of amides is 1. The topological polar surface area (TPSA) is 103 Å². The number of nitrogens with two attached hydrogens (primary N) is 1. The molecule has 1 fully saturated rings. The number of aromatic nitrogens is 2. The van der Waals surface area contributed by atoms with E-state index in [0.29, 0.717) is 5.95 Å². The van der Waals surface area contributed by atoms with Gasteiger partial charge in [-0.1, -0.05) is 46.7 Å². The lowest BCUT2D eigenvalue weighted by Crippen LogP contribution is -2.58. The summed E-state index contributed by atoms with van der Waals surface area (Å²) in [4.78, 5) is 28.3. The summed E-state index contributed by atoms with van der Waals surface area (Å²) in [5, 5.41) is 4.52. The molecule has 1 aliphatic heterocycles. The molecule has 0 aromatic carbocycles. The molecule has 0 unspecified atom stereocenters. The Morgan fingerprint density at radius 3 is 2.10 bits per heavy atom. The summed E-state index contributed by atoms with van der Waals surface area (Å²) in [7, 11) is 0. The lowest BCUT2D eigenvalue weighted by atomic mass is 9.63. The molecule has 2 heterocycles. The maximum Gasteiger partial charge on any atom is 0.404 e. The predicted octanol–water partition coefficient (Wildman–Crippen LogP) is 4.14. The summed E-state index contributed by atoms with van der Waals surface area (Å²) >= 11 is 3.35. The van der Waals surface area contributed by atoms with Crippen molar-refractivity contribution in [1.82, 2.24) is 9.97 Å². The van der Waals surface area contributed by atoms with Gasteiger partial charge in [-0.2, -0.15) is 0 Å². The van der Waals surface area contributed by atoms with Gasteiger partial charge in [0, 0.05) is 49.2 Å². The van der Waals surface area contributed by atoms with Crippen molar-refractivity contribution < 1.29 is 14.4 Å². The van der Waals surface area contributed by atoms with Gasteiger partial charge in [-0.15, -0.1) is 0 Å². The summed E-state index contributed by atoms with van der Waals surface area (Å²) in [6.45, 7) is 13.9. The third kappa shape index (κ3) is 5.58. The Morgan fingerprint density at radius 2 is 1.66 bits per heavy atom. The number of nitrogens with zero attached hydrogens (tertiary/aromatic N) is 4. The molecule has 2 N–H and O–H groups in total. The second-order valence-corrected chi connectivity index (χ2v) is 10.3. The van der Waals surface area contributed by atoms with Crippen LogP contribution in [-0.2, 0) is 9.57 Å². The molecule has 162 valence electrons. The van der Waals surface area contributed by atoms with Crippen molar-refractivity contribution in [2.75, 3.05) is 24.6 Å². The maximum absolute atomic E-state index is 11.3. The summed E-state index contributed by atoms with van der Waals surface area (Å²) in [6, 6.07) is 0. The van der Waals surface area contributed by atoms with Gasteiger partial charge < -0.3 is 20.2 Å². The highest BCUT2D eigenvalue weighted by Gasteiger charge is 2.55. The Labute approximate surface area is 181 Å². The number of ether oxygens (including phenoxy) is 1. The van der Waals surface area contributed by atoms with E-state index in [1.54, 1.807) is 12.4 Å². The van der Waals surface area contributed by atoms with Gasteiger partial charge in [-0.05, 0) is 15.9 Å². The van der Waals surface area contributed by atoms with Crippen LogP contribution in [0.1, 0.15) is 54.4 Å². The van der Waals surface area contributed by atoms with Crippen molar-refractivity contribution in [2.24, 2.45) is 21.7 Å². The molecule has 0 bridgehead atoms. The maximum atomic E-state index is 11.3. The van der Waals surface area contributed by atoms with E-state index >= 15 is 0 Å². The molecule has 0 atom stereocenters. The van der Waals surface area contributed by atoms with Gasteiger partial charge in [0.1, 0.15) is 6.61 Å². The van der Waals surface area contributed by atoms with Gasteiger partial charge in [-0.3, -0.25) is 0 Å². The van der Waals surface area contributed by atoms with Crippen LogP contribution in [0.4, 0.5) is 10.7 Å². The molecule has 1 saturated heterocycles. The minimum absolute atomic E-state index is 0.0327. The summed E-state index contributed by atoms with van der Waals surface area (Å²) in [5.74, 6) is 0.710. The van der Waals surface area contributed by atoms with E-state index in [1.165, 1.54) is 0 Å². The molecule has 1 aromatic heterocycles. The van der Waals surface area contributed by atoms with Crippen LogP contribution in [0.25, 0.3) is 0 Å². The Hall–Kier alpha value is -1.90. The Morgan fingerprint density at radius 1 is 1.14 bits per heavy atom. The van der Waals surface area contributed by atoms with Crippen LogP contribution in [0.2, 0.25) is 0 Å². The number of carbonyl (C=O) groups is 1. The number of anilines is 1. The number of hydrogen-bond donors (Lipinski definition) is 1. The zero-order chi connectivity index (χ0) is 21.9. The molecule has 1 aromatic rings. The fourth-order valence-corrected chi connectivity index (χ4v) is 3.90. The van der Waals surface area contributed by atoms with Crippen LogP contribution in [0, 0.1) is 10.8 Å². The number of piperidine rings is 1. The van der Waals surface area contributed by atoms with Crippen molar-refractivity contribution in [2.45, 2.75) is 60.0 Å². The van der Waals surface area contributed by atoms with Gasteiger partial charge in [0.05, 0.1) is 10.2 Å². The summed E-state index contributed by atoms with van der Waals surface area (Å²) in [6.07, 6.45) is 4.17. The van der Waals surface area contributed by atoms with E-state index in [1.807, 2.05) is 0 Å². The third-order valence-corrected chi connectivity index (χ3v) is 5.81. The zero-order valence-electron chi connectivity index (χ0n) is 18.2. The highest BCUT2D eigenvalue weighted by Crippen LogP contribution is 2.47. The standard InChI is InChI=1S/C20H32BrN5O3/c1-18(2,3)20(19(4,5)6,13-28-16(22)27)29-25-15-7-9-26(10-8-15)17-23-11-14(21)12-24-17/h11-12H,7-10,13H2,1-6H3,(H2,22,27). The third-order valence-electron chi connectivity index (χ3n) is 5.40. The molecule has 2 rings (SSSR count). The smallest absolute Gasteiger partial charge is 0.404 e. The van der Waals surface area contributed by atoms with E-state index in [-0.39, 0.29) is 17.4 Å². The first-order valence-electron chi connectivity index (χ1n) is 9.74. The van der Waals surface area contributed by atoms with E-state index in [0.717, 1.165) is 36.1 Å². The number of oxime groups is 1. The monoisotopic (exact) mass is 469 g/mol. The van der Waals surface area contributed by atoms with Crippen LogP contribution in [0.5, 0.6) is 0 Å². The van der Waals surface area contributed by atoms with E-state index in [9.17, 15) is 4.79 Å². The van der Waals surface area contributed by atoms with Crippen molar-refractivity contribution in [1.29, 1.82) is 0 Å². The molecule has 1 aliphatic rings. The second kappa shape index (κ2) is 8.85. The van der Waals surface area contributed by atoms with Crippen LogP contribution < -0.4 is 10.6 Å². The molecule has 29 heavy (non-hydrogen) atoms. The number of primary amides is 1. The Bertz CT molecular complexity index is 714. The number of hydrogen-bond acceptors (Lipinski definition) is 7. The minimum atomic E-state index is -0.839. The van der Waals surface area contributed by atoms with Crippen molar-refractivity contribution in [3.8, 4) is 0 Å². The number of halogens is 1. The predicted molar refractivity (Wildman–Crippen MR) is 117 cm³/mol. The van der Waals surface area contributed by atoms with Gasteiger partial charge in [-0.25, -0.2) is 14.8 Å². The van der Waals surface area contributed by atoms with Gasteiger partial charge >= 0.3 is 6.09 Å². The quantitative estimate of drug-likeness (QED) is 0.649. The van der Waals surface area contributed by atoms with Crippen LogP contribution in [0.15, 0.2) is 22.0 Å². The number of rotatable bonds is 5. The van der Waals surface area contributed by atoms with Crippen molar-refractivity contribution in [3.63, 3.8) is 0 Å². The first-order valence-corrected chi connectivity index (χ1v) is 10.5. The zero-order valence-corrected chi connectivity index (χ0v) is 19.7. The minimum Gasteiger partial charge on any atom is -0.445 e. The molecular weight excluding hydrogens is 438 g/mol. The Kier molecular flexibility index (Phi) is 7.14. The average molecular weight is 470 g/mol. The normalized spacial score (nSPS) is 15.8. The van der Waals surface area contributed by atoms with Crippen LogP contribution >= 0.6 is 15.9 Å². The molecule has 1 amide bonds. The van der Waals surface area contributed by atoms with Gasteiger partial charge in [0.15, 0.2) is 5.60 Å². The van der Waals surface area contributed by atoms with Gasteiger partial charge in [0.2, 0.25) is 5.95 Å². The fourth-order valence-electron chi connectivity index (χ4n) is 3.70. The average Bonchev–Trinajstić information content (AvgIpc) is 2.60. The molecule has 8 nitrogen and oxygen atoms in total. The lowest BCUT2D eigenvalue weighted by Gasteiger charge is -2.50. The molecule has 9 heteroatoms. The molecule has 0 aliphatic carbocycles. The molecule has 0 spiro atoms. The first-order chi connectivity index (χ1) is 13.4. The highest BCUT2D eigenvalue weighted by atomic mass is 79.9. The fraction of sp³-hybridized carbons (Fsp3) is 0.700. The van der Waals surface area contributed by atoms with Crippen molar-refractivity contribution in [3.05, 3.63) is 16.9 Å². The van der Waals surface area contributed by atoms with Gasteiger partial charge in [0.25, 0.3) is 0 Å². The summed E-state index contributed by atoms with van der Waals surface area (Å²) < 4.78 is 6.06. The van der Waals surface area contributed by atoms with Crippen LogP contribution in [0.3, 0.4) is 0 Å². The molecular formula is C20H32BrN5O3. The largest absolute Gasteiger partial charge is 0.445 e. The second-order valence-electron chi connectivity index (χ2n) is 9.37. The molecule has 0 radical (unpaired) electrons. The first kappa shape index (κ1) is 23.4. The van der Waals surface area contributed by atoms with Crippen molar-refractivity contribution >= 4 is 33.7 Å². The Balaban J connectivity index is 2.14. The SMILES string of the molecule is CC(C)(C)C(COC(N)=O)(ON=C1CCN(c2ncc(Br)cn2)CC1)C(C)(C)C. The van der Waals surface area contributed by atoms with E-state index in [4.69, 9.17) is 15.3 Å². The van der Waals surface area contributed by atoms with Crippen LogP contribution in [-0.4, -0.2) is 47.1 Å². The number of carbonyl (C=O) groups excluding carboxylic acids is 1. The highest BCUT2D eigenvalue weighted by molar-refractivity contribution is 9.10. The van der Waals surface area contributed by atoms with E-state index < -0.39 is 11.7 Å². The summed E-state index contributed by atoms with van der Waals surface area (Å²) in [5.41, 5.74) is 4.66.